The zero-order valence-corrected chi connectivity index (χ0v) is 17.2. The van der Waals surface area contributed by atoms with Gasteiger partial charge in [-0.05, 0) is 24.3 Å². The number of nitro benzene ring substituents is 1. The van der Waals surface area contributed by atoms with E-state index < -0.39 is 23.1 Å². The Labute approximate surface area is 177 Å². The van der Waals surface area contributed by atoms with Crippen LogP contribution in [0, 0.1) is 10.1 Å². The number of hydrogen-bond donors (Lipinski definition) is 1. The highest BCUT2D eigenvalue weighted by Gasteiger charge is 2.13. The topological polar surface area (TPSA) is 137 Å². The van der Waals surface area contributed by atoms with E-state index in [1.165, 1.54) is 24.4 Å². The molecule has 0 saturated carbocycles. The van der Waals surface area contributed by atoms with Gasteiger partial charge in [-0.3, -0.25) is 14.9 Å². The van der Waals surface area contributed by atoms with Crippen LogP contribution in [-0.4, -0.2) is 38.5 Å². The summed E-state index contributed by atoms with van der Waals surface area (Å²) >= 11 is 3.32. The minimum absolute atomic E-state index is 0.0781. The van der Waals surface area contributed by atoms with Gasteiger partial charge in [0, 0.05) is 28.6 Å². The lowest BCUT2D eigenvalue weighted by atomic mass is 10.2. The van der Waals surface area contributed by atoms with E-state index in [2.05, 4.69) is 26.0 Å². The number of benzene rings is 2. The molecule has 0 saturated heterocycles. The van der Waals surface area contributed by atoms with E-state index in [-0.39, 0.29) is 17.0 Å². The lowest BCUT2D eigenvalue weighted by Gasteiger charge is -2.09. The maximum absolute atomic E-state index is 12.9. The van der Waals surface area contributed by atoms with Crippen molar-refractivity contribution in [3.63, 3.8) is 0 Å². The van der Waals surface area contributed by atoms with Crippen LogP contribution in [0.5, 0.6) is 5.75 Å². The van der Waals surface area contributed by atoms with E-state index >= 15 is 0 Å². The number of aliphatic carboxylic acids is 1. The molecular formula is C19H15BrN4O6. The van der Waals surface area contributed by atoms with Crippen molar-refractivity contribution in [2.45, 2.75) is 13.3 Å². The second-order valence-corrected chi connectivity index (χ2v) is 6.98. The molecule has 1 aromatic heterocycles. The summed E-state index contributed by atoms with van der Waals surface area (Å²) in [7, 11) is 0. The average Bonchev–Trinajstić information content (AvgIpc) is 2.71. The van der Waals surface area contributed by atoms with Gasteiger partial charge in [-0.1, -0.05) is 22.9 Å². The monoisotopic (exact) mass is 474 g/mol. The molecule has 0 aliphatic carbocycles. The highest BCUT2D eigenvalue weighted by molar-refractivity contribution is 9.10. The van der Waals surface area contributed by atoms with Crippen molar-refractivity contribution in [2.75, 3.05) is 6.61 Å². The molecule has 11 heteroatoms. The third kappa shape index (κ3) is 4.51. The molecule has 0 radical (unpaired) electrons. The number of halogens is 1. The Kier molecular flexibility index (Phi) is 6.21. The summed E-state index contributed by atoms with van der Waals surface area (Å²) in [4.78, 5) is 38.7. The summed E-state index contributed by atoms with van der Waals surface area (Å²) in [5.41, 5.74) is 0.0247. The van der Waals surface area contributed by atoms with Crippen molar-refractivity contribution >= 4 is 44.7 Å². The number of carboxylic acids is 1. The van der Waals surface area contributed by atoms with Gasteiger partial charge in [0.25, 0.3) is 11.2 Å². The van der Waals surface area contributed by atoms with E-state index in [0.717, 1.165) is 4.68 Å². The van der Waals surface area contributed by atoms with E-state index in [1.807, 2.05) is 6.92 Å². The first kappa shape index (κ1) is 21.1. The molecule has 0 atom stereocenters. The maximum atomic E-state index is 12.9. The first-order chi connectivity index (χ1) is 14.3. The van der Waals surface area contributed by atoms with Crippen molar-refractivity contribution in [1.29, 1.82) is 0 Å². The number of carbonyl (C=O) groups is 1. The highest BCUT2D eigenvalue weighted by atomic mass is 79.9. The van der Waals surface area contributed by atoms with Crippen molar-refractivity contribution in [3.05, 3.63) is 72.7 Å². The van der Waals surface area contributed by atoms with E-state index in [1.54, 1.807) is 18.2 Å². The van der Waals surface area contributed by atoms with Gasteiger partial charge >= 0.3 is 5.97 Å². The molecule has 0 spiro atoms. The lowest BCUT2D eigenvalue weighted by Crippen LogP contribution is -2.22. The summed E-state index contributed by atoms with van der Waals surface area (Å²) in [5, 5.41) is 24.4. The zero-order valence-electron chi connectivity index (χ0n) is 15.6. The molecule has 0 aliphatic heterocycles. The number of nitro groups is 1. The Balaban J connectivity index is 2.12. The smallest absolute Gasteiger partial charge is 0.341 e. The third-order valence-corrected chi connectivity index (χ3v) is 4.55. The van der Waals surface area contributed by atoms with Gasteiger partial charge in [-0.15, -0.1) is 0 Å². The van der Waals surface area contributed by atoms with Gasteiger partial charge in [-0.2, -0.15) is 9.78 Å². The minimum Gasteiger partial charge on any atom is -0.481 e. The van der Waals surface area contributed by atoms with Crippen LogP contribution in [0.3, 0.4) is 0 Å². The first-order valence-corrected chi connectivity index (χ1v) is 9.48. The Morgan fingerprint density at radius 2 is 2.13 bits per heavy atom. The van der Waals surface area contributed by atoms with Crippen molar-refractivity contribution in [1.82, 2.24) is 9.66 Å². The van der Waals surface area contributed by atoms with E-state index in [9.17, 15) is 19.7 Å². The fourth-order valence-corrected chi connectivity index (χ4v) is 3.04. The molecule has 1 heterocycles. The average molecular weight is 475 g/mol. The number of nitrogens with zero attached hydrogens (tertiary/aromatic N) is 4. The van der Waals surface area contributed by atoms with Crippen LogP contribution < -0.4 is 10.3 Å². The predicted molar refractivity (Wildman–Crippen MR) is 112 cm³/mol. The van der Waals surface area contributed by atoms with Gasteiger partial charge in [0.2, 0.25) is 0 Å². The molecule has 10 nitrogen and oxygen atoms in total. The number of carboxylic acid groups (broad SMARTS) is 1. The molecule has 1 N–H and O–H groups in total. The van der Waals surface area contributed by atoms with Gasteiger partial charge in [0.05, 0.1) is 22.0 Å². The second kappa shape index (κ2) is 8.82. The summed E-state index contributed by atoms with van der Waals surface area (Å²) in [6.07, 6.45) is 1.62. The van der Waals surface area contributed by atoms with Gasteiger partial charge in [0.15, 0.2) is 6.61 Å². The molecule has 0 aliphatic rings. The fourth-order valence-electron chi connectivity index (χ4n) is 2.68. The Hall–Kier alpha value is -3.60. The van der Waals surface area contributed by atoms with Crippen LogP contribution in [0.2, 0.25) is 0 Å². The maximum Gasteiger partial charge on any atom is 0.341 e. The fraction of sp³-hybridized carbons (Fsp3) is 0.158. The number of hydrogen-bond acceptors (Lipinski definition) is 7. The lowest BCUT2D eigenvalue weighted by molar-refractivity contribution is -0.384. The summed E-state index contributed by atoms with van der Waals surface area (Å²) in [6, 6.07) is 8.77. The van der Waals surface area contributed by atoms with Gasteiger partial charge < -0.3 is 9.84 Å². The summed E-state index contributed by atoms with van der Waals surface area (Å²) in [6.45, 7) is 1.18. The minimum atomic E-state index is -1.20. The van der Waals surface area contributed by atoms with Gasteiger partial charge in [0.1, 0.15) is 11.6 Å². The van der Waals surface area contributed by atoms with E-state index in [4.69, 9.17) is 9.84 Å². The normalized spacial score (nSPS) is 11.1. The van der Waals surface area contributed by atoms with Crippen molar-refractivity contribution in [3.8, 4) is 5.75 Å². The van der Waals surface area contributed by atoms with Crippen LogP contribution in [0.4, 0.5) is 5.69 Å². The predicted octanol–water partition coefficient (Wildman–Crippen LogP) is 2.98. The first-order valence-electron chi connectivity index (χ1n) is 8.68. The number of ether oxygens (including phenoxy) is 1. The largest absolute Gasteiger partial charge is 0.481 e. The van der Waals surface area contributed by atoms with Crippen LogP contribution in [0.1, 0.15) is 18.3 Å². The van der Waals surface area contributed by atoms with Crippen LogP contribution in [-0.2, 0) is 11.2 Å². The summed E-state index contributed by atoms with van der Waals surface area (Å²) in [5.74, 6) is -0.733. The third-order valence-electron chi connectivity index (χ3n) is 4.06. The molecule has 0 bridgehead atoms. The van der Waals surface area contributed by atoms with Gasteiger partial charge in [-0.25, -0.2) is 9.78 Å². The van der Waals surface area contributed by atoms with Crippen LogP contribution >= 0.6 is 15.9 Å². The Morgan fingerprint density at radius 3 is 2.80 bits per heavy atom. The number of aromatic nitrogens is 2. The highest BCUT2D eigenvalue weighted by Crippen LogP contribution is 2.23. The molecule has 0 unspecified atom stereocenters. The van der Waals surface area contributed by atoms with Crippen LogP contribution in [0.25, 0.3) is 10.9 Å². The number of fused-ring (bicyclic) bond motifs is 1. The number of aryl methyl sites for hydroxylation is 1. The SMILES string of the molecule is CCc1nc2ccc(Br)cc2c(=O)n1N=Cc1cc([N+](=O)[O-])ccc1OCC(=O)O. The molecule has 2 aromatic carbocycles. The molecule has 0 amide bonds. The second-order valence-electron chi connectivity index (χ2n) is 6.07. The molecular weight excluding hydrogens is 460 g/mol. The standard InChI is InChI=1S/C19H15BrN4O6/c1-2-17-22-15-5-3-12(20)8-14(15)19(27)23(17)21-9-11-7-13(24(28)29)4-6-16(11)30-10-18(25)26/h3-9H,2,10H2,1H3,(H,25,26). The van der Waals surface area contributed by atoms with E-state index in [0.29, 0.717) is 27.6 Å². The summed E-state index contributed by atoms with van der Waals surface area (Å²) < 4.78 is 6.98. The molecule has 3 aromatic rings. The molecule has 0 fully saturated rings. The number of rotatable bonds is 7. The molecule has 30 heavy (non-hydrogen) atoms. The molecule has 154 valence electrons. The number of non-ortho nitro benzene ring substituents is 1. The van der Waals surface area contributed by atoms with Crippen LogP contribution in [0.15, 0.2) is 50.8 Å². The zero-order chi connectivity index (χ0) is 21.8. The van der Waals surface area contributed by atoms with Crippen molar-refractivity contribution < 1.29 is 19.6 Å². The quantitative estimate of drug-likeness (QED) is 0.315. The Morgan fingerprint density at radius 1 is 1.37 bits per heavy atom. The molecule has 3 rings (SSSR count). The van der Waals surface area contributed by atoms with Crippen molar-refractivity contribution in [2.24, 2.45) is 5.10 Å². The Bertz CT molecular complexity index is 1240.